The predicted octanol–water partition coefficient (Wildman–Crippen LogP) is 4.80. The van der Waals surface area contributed by atoms with Crippen molar-refractivity contribution in [2.24, 2.45) is 0 Å². The highest BCUT2D eigenvalue weighted by Crippen LogP contribution is 2.31. The molecule has 0 amide bonds. The van der Waals surface area contributed by atoms with Crippen LogP contribution < -0.4 is 4.72 Å². The molecule has 0 saturated heterocycles. The molecule has 0 spiro atoms. The van der Waals surface area contributed by atoms with Gasteiger partial charge in [-0.1, -0.05) is 17.7 Å². The fraction of sp³-hybridized carbons (Fsp3) is 0. The molecule has 164 valence electrons. The second-order valence-corrected chi connectivity index (χ2v) is 8.51. The maximum absolute atomic E-state index is 15.1. The number of nitrogens with zero attached hydrogens (tertiary/aromatic N) is 1. The Kier molecular flexibility index (Phi) is 5.39. The molecule has 0 atom stereocenters. The van der Waals surface area contributed by atoms with Gasteiger partial charge in [0.15, 0.2) is 10.7 Å². The second kappa shape index (κ2) is 7.92. The fourth-order valence-electron chi connectivity index (χ4n) is 3.10. The molecule has 2 aromatic heterocycles. The van der Waals surface area contributed by atoms with Gasteiger partial charge in [-0.15, -0.1) is 0 Å². The number of sulfonamides is 1. The van der Waals surface area contributed by atoms with E-state index in [4.69, 9.17) is 11.6 Å². The van der Waals surface area contributed by atoms with Gasteiger partial charge in [-0.3, -0.25) is 9.52 Å². The molecule has 0 radical (unpaired) electrons. The van der Waals surface area contributed by atoms with Crippen LogP contribution in [0.25, 0.3) is 11.0 Å². The molecule has 0 fully saturated rings. The summed E-state index contributed by atoms with van der Waals surface area (Å²) in [7, 11) is -4.96. The average molecular weight is 484 g/mol. The van der Waals surface area contributed by atoms with Gasteiger partial charge in [0.2, 0.25) is 5.78 Å². The minimum atomic E-state index is -4.96. The zero-order valence-corrected chi connectivity index (χ0v) is 17.2. The number of nitrogens with one attached hydrogen (secondary N) is 2. The minimum absolute atomic E-state index is 0.0901. The number of hydrogen-bond donors (Lipinski definition) is 2. The van der Waals surface area contributed by atoms with E-state index < -0.39 is 55.2 Å². The Bertz CT molecular complexity index is 1490. The standard InChI is InChI=1S/C20H10ClF4N3O3S/c21-10-6-7-26-20-15(10)9(8-27-20)18(29)16-11(22)4-5-14(17(16)25)28-32(30,31)19-12(23)2-1-3-13(19)24/h1-8,28H,(H,26,27). The molecule has 0 aliphatic carbocycles. The number of ketones is 1. The third-order valence-corrected chi connectivity index (χ3v) is 6.25. The highest BCUT2D eigenvalue weighted by Gasteiger charge is 2.29. The molecule has 0 unspecified atom stereocenters. The van der Waals surface area contributed by atoms with Crippen LogP contribution in [-0.2, 0) is 10.0 Å². The molecule has 0 bridgehead atoms. The van der Waals surface area contributed by atoms with Crippen molar-refractivity contribution in [1.29, 1.82) is 0 Å². The van der Waals surface area contributed by atoms with E-state index >= 15 is 4.39 Å². The number of fused-ring (bicyclic) bond motifs is 1. The number of carbonyl (C=O) groups is 1. The number of carbonyl (C=O) groups excluding carboxylic acids is 1. The number of benzene rings is 2. The van der Waals surface area contributed by atoms with Crippen LogP contribution in [0.5, 0.6) is 0 Å². The average Bonchev–Trinajstić information content (AvgIpc) is 3.15. The molecule has 4 rings (SSSR count). The lowest BCUT2D eigenvalue weighted by atomic mass is 10.0. The summed E-state index contributed by atoms with van der Waals surface area (Å²) in [5.74, 6) is -6.86. The van der Waals surface area contributed by atoms with Gasteiger partial charge in [0, 0.05) is 17.8 Å². The molecule has 4 aromatic rings. The molecular weight excluding hydrogens is 474 g/mol. The maximum Gasteiger partial charge on any atom is 0.267 e. The Balaban J connectivity index is 1.81. The van der Waals surface area contributed by atoms with E-state index in [0.29, 0.717) is 24.3 Å². The highest BCUT2D eigenvalue weighted by atomic mass is 35.5. The molecule has 12 heteroatoms. The first-order valence-electron chi connectivity index (χ1n) is 8.73. The number of H-pyrrole nitrogens is 1. The first-order valence-corrected chi connectivity index (χ1v) is 10.6. The van der Waals surface area contributed by atoms with Gasteiger partial charge in [-0.2, -0.15) is 0 Å². The Morgan fingerprint density at radius 1 is 1.00 bits per heavy atom. The van der Waals surface area contributed by atoms with E-state index in [0.717, 1.165) is 12.3 Å². The van der Waals surface area contributed by atoms with Crippen molar-refractivity contribution >= 4 is 44.1 Å². The third-order valence-electron chi connectivity index (χ3n) is 4.52. The van der Waals surface area contributed by atoms with Crippen molar-refractivity contribution in [3.8, 4) is 0 Å². The number of hydrogen-bond acceptors (Lipinski definition) is 4. The number of aromatic nitrogens is 2. The van der Waals surface area contributed by atoms with Crippen molar-refractivity contribution in [1.82, 2.24) is 9.97 Å². The molecule has 6 nitrogen and oxygen atoms in total. The molecule has 0 aliphatic rings. The minimum Gasteiger partial charge on any atom is -0.345 e. The SMILES string of the molecule is O=C(c1c(F)ccc(NS(=O)(=O)c2c(F)cccc2F)c1F)c1c[nH]c2nccc(Cl)c12. The van der Waals surface area contributed by atoms with Crippen LogP contribution >= 0.6 is 11.6 Å². The van der Waals surface area contributed by atoms with E-state index in [1.807, 2.05) is 0 Å². The largest absolute Gasteiger partial charge is 0.345 e. The van der Waals surface area contributed by atoms with Crippen molar-refractivity contribution in [2.45, 2.75) is 4.90 Å². The molecule has 2 heterocycles. The van der Waals surface area contributed by atoms with Gasteiger partial charge in [0.25, 0.3) is 10.0 Å². The number of aromatic amines is 1. The Labute approximate surface area is 182 Å². The van der Waals surface area contributed by atoms with Gasteiger partial charge in [-0.25, -0.2) is 31.0 Å². The van der Waals surface area contributed by atoms with Crippen LogP contribution in [0.1, 0.15) is 15.9 Å². The quantitative estimate of drug-likeness (QED) is 0.315. The number of halogens is 5. The monoisotopic (exact) mass is 483 g/mol. The Morgan fingerprint density at radius 3 is 2.38 bits per heavy atom. The summed E-state index contributed by atoms with van der Waals surface area (Å²) in [5, 5.41) is 0.199. The molecule has 0 aliphatic heterocycles. The van der Waals surface area contributed by atoms with Crippen molar-refractivity contribution in [3.05, 3.63) is 88.2 Å². The van der Waals surface area contributed by atoms with Crippen LogP contribution in [0.3, 0.4) is 0 Å². The first-order chi connectivity index (χ1) is 15.1. The lowest BCUT2D eigenvalue weighted by Gasteiger charge is -2.13. The van der Waals surface area contributed by atoms with Gasteiger partial charge in [0.05, 0.1) is 21.8 Å². The number of anilines is 1. The van der Waals surface area contributed by atoms with Gasteiger partial charge in [0.1, 0.15) is 23.1 Å². The van der Waals surface area contributed by atoms with Gasteiger partial charge in [-0.05, 0) is 30.3 Å². The second-order valence-electron chi connectivity index (χ2n) is 6.49. The van der Waals surface area contributed by atoms with E-state index in [-0.39, 0.29) is 21.6 Å². The summed E-state index contributed by atoms with van der Waals surface area (Å²) in [6.45, 7) is 0. The third kappa shape index (κ3) is 3.59. The van der Waals surface area contributed by atoms with Gasteiger partial charge >= 0.3 is 0 Å². The summed E-state index contributed by atoms with van der Waals surface area (Å²) in [6.07, 6.45) is 2.50. The van der Waals surface area contributed by atoms with Crippen LogP contribution in [0.2, 0.25) is 5.02 Å². The summed E-state index contributed by atoms with van der Waals surface area (Å²) in [5.41, 5.74) is -2.01. The fourth-order valence-corrected chi connectivity index (χ4v) is 4.55. The zero-order valence-electron chi connectivity index (χ0n) is 15.6. The topological polar surface area (TPSA) is 91.9 Å². The van der Waals surface area contributed by atoms with Gasteiger partial charge < -0.3 is 4.98 Å². The number of rotatable bonds is 5. The van der Waals surface area contributed by atoms with Crippen molar-refractivity contribution in [2.75, 3.05) is 4.72 Å². The van der Waals surface area contributed by atoms with E-state index in [2.05, 4.69) is 9.97 Å². The highest BCUT2D eigenvalue weighted by molar-refractivity contribution is 7.92. The van der Waals surface area contributed by atoms with E-state index in [9.17, 15) is 26.4 Å². The van der Waals surface area contributed by atoms with E-state index in [1.165, 1.54) is 12.3 Å². The van der Waals surface area contributed by atoms with Crippen molar-refractivity contribution in [3.63, 3.8) is 0 Å². The summed E-state index contributed by atoms with van der Waals surface area (Å²) in [4.78, 5) is 18.2. The lowest BCUT2D eigenvalue weighted by molar-refractivity contribution is 0.103. The summed E-state index contributed by atoms with van der Waals surface area (Å²) < 4.78 is 83.9. The molecule has 2 aromatic carbocycles. The van der Waals surface area contributed by atoms with Crippen LogP contribution in [0.4, 0.5) is 23.2 Å². The first kappa shape index (κ1) is 21.8. The smallest absolute Gasteiger partial charge is 0.267 e. The summed E-state index contributed by atoms with van der Waals surface area (Å²) in [6, 6.07) is 5.03. The normalized spacial score (nSPS) is 11.7. The van der Waals surface area contributed by atoms with Crippen LogP contribution in [0, 0.1) is 23.3 Å². The summed E-state index contributed by atoms with van der Waals surface area (Å²) >= 11 is 6.07. The predicted molar refractivity (Wildman–Crippen MR) is 108 cm³/mol. The van der Waals surface area contributed by atoms with Crippen molar-refractivity contribution < 1.29 is 30.8 Å². The molecule has 0 saturated carbocycles. The Hall–Kier alpha value is -3.44. The zero-order chi connectivity index (χ0) is 23.2. The number of pyridine rings is 1. The van der Waals surface area contributed by atoms with Crippen LogP contribution in [-0.4, -0.2) is 24.2 Å². The van der Waals surface area contributed by atoms with E-state index in [1.54, 1.807) is 4.72 Å². The lowest BCUT2D eigenvalue weighted by Crippen LogP contribution is -2.18. The molecule has 2 N–H and O–H groups in total. The maximum atomic E-state index is 15.1. The van der Waals surface area contributed by atoms with Crippen LogP contribution in [0.15, 0.2) is 53.7 Å². The molecular formula is C20H10ClF4N3O3S. The molecule has 32 heavy (non-hydrogen) atoms. The Morgan fingerprint density at radius 2 is 1.69 bits per heavy atom.